The van der Waals surface area contributed by atoms with Crippen LogP contribution >= 0.6 is 0 Å². The van der Waals surface area contributed by atoms with E-state index in [2.05, 4.69) is 5.32 Å². The van der Waals surface area contributed by atoms with E-state index < -0.39 is 136 Å². The molecule has 4 aliphatic rings. The van der Waals surface area contributed by atoms with Crippen molar-refractivity contribution < 1.29 is 90.1 Å². The molecule has 8 unspecified atom stereocenters. The molecule has 0 radical (unpaired) electrons. The van der Waals surface area contributed by atoms with Gasteiger partial charge in [-0.15, -0.1) is 0 Å². The molecule has 3 aliphatic heterocycles. The zero-order chi connectivity index (χ0) is 32.6. The minimum Gasteiger partial charge on any atom is -0.394 e. The van der Waals surface area contributed by atoms with Crippen LogP contribution in [-0.2, 0) is 23.7 Å². The van der Waals surface area contributed by atoms with Crippen molar-refractivity contribution in [2.75, 3.05) is 19.8 Å². The predicted molar refractivity (Wildman–Crippen MR) is 138 cm³/mol. The fourth-order valence-electron chi connectivity index (χ4n) is 5.81. The molecule has 0 spiro atoms. The fraction of sp³-hybridized carbons (Fsp3) is 0.920. The van der Waals surface area contributed by atoms with Crippen LogP contribution in [0.25, 0.3) is 0 Å². The molecule has 19 nitrogen and oxygen atoms in total. The molecule has 0 amide bonds. The van der Waals surface area contributed by atoms with Crippen molar-refractivity contribution in [2.24, 2.45) is 0 Å². The van der Waals surface area contributed by atoms with Crippen LogP contribution in [0.1, 0.15) is 6.92 Å². The third-order valence-electron chi connectivity index (χ3n) is 8.48. The Morgan fingerprint density at radius 2 is 1.16 bits per heavy atom. The first-order chi connectivity index (χ1) is 20.7. The molecule has 0 aromatic carbocycles. The quantitative estimate of drug-likeness (QED) is 0.103. The van der Waals surface area contributed by atoms with Gasteiger partial charge in [0, 0.05) is 0 Å². The summed E-state index contributed by atoms with van der Waals surface area (Å²) in [5, 5.41) is 136. The second kappa shape index (κ2) is 14.8. The van der Waals surface area contributed by atoms with Crippen molar-refractivity contribution in [3.63, 3.8) is 0 Å². The van der Waals surface area contributed by atoms with Crippen LogP contribution in [-0.4, -0.2) is 203 Å². The summed E-state index contributed by atoms with van der Waals surface area (Å²) in [6.45, 7) is -0.753. The molecule has 0 bridgehead atoms. The maximum Gasteiger partial charge on any atom is 0.187 e. The van der Waals surface area contributed by atoms with E-state index in [1.54, 1.807) is 0 Å². The van der Waals surface area contributed by atoms with Crippen LogP contribution < -0.4 is 5.32 Å². The van der Waals surface area contributed by atoms with E-state index in [0.29, 0.717) is 0 Å². The average Bonchev–Trinajstić information content (AvgIpc) is 3.00. The Morgan fingerprint density at radius 3 is 1.73 bits per heavy atom. The molecule has 0 aromatic rings. The molecule has 19 heteroatoms. The highest BCUT2D eigenvalue weighted by Gasteiger charge is 2.53. The average molecular weight is 646 g/mol. The Labute approximate surface area is 250 Å². The van der Waals surface area contributed by atoms with Crippen LogP contribution in [0.4, 0.5) is 0 Å². The van der Waals surface area contributed by atoms with Crippen molar-refractivity contribution in [3.05, 3.63) is 11.6 Å². The van der Waals surface area contributed by atoms with Gasteiger partial charge >= 0.3 is 0 Å². The highest BCUT2D eigenvalue weighted by Crippen LogP contribution is 2.32. The summed E-state index contributed by atoms with van der Waals surface area (Å²) in [4.78, 5) is 0. The zero-order valence-corrected chi connectivity index (χ0v) is 23.5. The van der Waals surface area contributed by atoms with E-state index in [1.807, 2.05) is 0 Å². The molecule has 14 N–H and O–H groups in total. The molecule has 3 saturated heterocycles. The van der Waals surface area contributed by atoms with Crippen LogP contribution in [0.3, 0.4) is 0 Å². The third-order valence-corrected chi connectivity index (χ3v) is 8.48. The Hall–Kier alpha value is -1.02. The summed E-state index contributed by atoms with van der Waals surface area (Å²) in [7, 11) is 0. The Kier molecular flexibility index (Phi) is 12.1. The van der Waals surface area contributed by atoms with Gasteiger partial charge in [-0.05, 0) is 12.5 Å². The van der Waals surface area contributed by atoms with Gasteiger partial charge in [-0.1, -0.05) is 6.08 Å². The van der Waals surface area contributed by atoms with Crippen molar-refractivity contribution in [1.82, 2.24) is 5.32 Å². The predicted octanol–water partition coefficient (Wildman–Crippen LogP) is -8.56. The summed E-state index contributed by atoms with van der Waals surface area (Å²) >= 11 is 0. The number of aliphatic hydroxyl groups is 13. The molecule has 256 valence electrons. The second-order valence-corrected chi connectivity index (χ2v) is 11.4. The Morgan fingerprint density at radius 1 is 0.636 bits per heavy atom. The number of nitrogens with one attached hydrogen (secondary N) is 1. The van der Waals surface area contributed by atoms with Gasteiger partial charge in [-0.2, -0.15) is 0 Å². The number of ether oxygens (including phenoxy) is 5. The monoisotopic (exact) mass is 645 g/mol. The molecule has 4 rings (SSSR count). The van der Waals surface area contributed by atoms with Crippen molar-refractivity contribution in [1.29, 1.82) is 0 Å². The van der Waals surface area contributed by atoms with E-state index in [9.17, 15) is 66.4 Å². The molecule has 1 aliphatic carbocycles. The van der Waals surface area contributed by atoms with Crippen LogP contribution in [0, 0.1) is 0 Å². The van der Waals surface area contributed by atoms with E-state index in [4.69, 9.17) is 23.7 Å². The fourth-order valence-corrected chi connectivity index (χ4v) is 5.81. The lowest BCUT2D eigenvalue weighted by Crippen LogP contribution is -2.68. The minimum absolute atomic E-state index is 0.0225. The largest absolute Gasteiger partial charge is 0.394 e. The van der Waals surface area contributed by atoms with Gasteiger partial charge in [-0.3, -0.25) is 0 Å². The Balaban J connectivity index is 1.42. The van der Waals surface area contributed by atoms with Gasteiger partial charge in [0.15, 0.2) is 18.9 Å². The summed E-state index contributed by atoms with van der Waals surface area (Å²) in [5.74, 6) is 0. The second-order valence-electron chi connectivity index (χ2n) is 11.4. The van der Waals surface area contributed by atoms with Gasteiger partial charge in [0.25, 0.3) is 0 Å². The lowest BCUT2D eigenvalue weighted by molar-refractivity contribution is -0.373. The molecular weight excluding hydrogens is 602 g/mol. The van der Waals surface area contributed by atoms with Gasteiger partial charge in [0.05, 0.1) is 38.0 Å². The first kappa shape index (κ1) is 35.8. The maximum atomic E-state index is 10.9. The number of rotatable bonds is 9. The lowest BCUT2D eigenvalue weighted by atomic mass is 9.86. The molecule has 0 aromatic heterocycles. The number of aliphatic hydroxyl groups excluding tert-OH is 13. The van der Waals surface area contributed by atoms with Crippen molar-refractivity contribution >= 4 is 0 Å². The molecule has 0 saturated carbocycles. The molecule has 44 heavy (non-hydrogen) atoms. The summed E-state index contributed by atoms with van der Waals surface area (Å²) in [6.07, 6.45) is -26.6. The normalized spacial score (nSPS) is 52.0. The minimum atomic E-state index is -1.93. The standard InChI is InChI=1S/C25H43NO18/c1-6-11(26-8-2-7(3-27)12(30)15(33)13(8)31)14(32)19(37)24(40-6)43-22-10(5-29)42-25(20(38)17(22)35)44-21-9(4-28)41-23(39)18(36)16(21)34/h2,6,8-39H,3-5H2,1H3/t6?,8-,9?,10?,11+,12+,13?,14+,15+,16-,17-,18?,19?,20?,21+,22+,23?,24+,25+/m0/s1. The highest BCUT2D eigenvalue weighted by molar-refractivity contribution is 5.22. The number of hydrogen-bond acceptors (Lipinski definition) is 19. The van der Waals surface area contributed by atoms with E-state index in [1.165, 1.54) is 13.0 Å². The first-order valence-electron chi connectivity index (χ1n) is 14.1. The molecular formula is C25H43NO18. The van der Waals surface area contributed by atoms with Gasteiger partial charge in [0.1, 0.15) is 79.4 Å². The van der Waals surface area contributed by atoms with Crippen molar-refractivity contribution in [3.8, 4) is 0 Å². The summed E-state index contributed by atoms with van der Waals surface area (Å²) in [6, 6.07) is -2.17. The van der Waals surface area contributed by atoms with E-state index in [0.717, 1.165) is 0 Å². The molecule has 3 fully saturated rings. The number of hydrogen-bond donors (Lipinski definition) is 14. The summed E-state index contributed by atoms with van der Waals surface area (Å²) in [5.41, 5.74) is 0.0225. The van der Waals surface area contributed by atoms with E-state index >= 15 is 0 Å². The van der Waals surface area contributed by atoms with Gasteiger partial charge < -0.3 is 95.4 Å². The van der Waals surface area contributed by atoms with E-state index in [-0.39, 0.29) is 5.57 Å². The first-order valence-corrected chi connectivity index (χ1v) is 14.1. The SMILES string of the molecule is CC1O[C@H](O[C@@H]2C(CO)O[C@H](O[C@@H]3C(CO)OC(O)C(O)[C@@H]3O)C(O)[C@@H]2O)C(O)[C@H](O)[C@@H]1N[C@H]1C=C(CO)[C@@H](O)[C@@H](O)C1O. The van der Waals surface area contributed by atoms with Crippen LogP contribution in [0.5, 0.6) is 0 Å². The van der Waals surface area contributed by atoms with Gasteiger partial charge in [0.2, 0.25) is 0 Å². The van der Waals surface area contributed by atoms with Crippen LogP contribution in [0.15, 0.2) is 11.6 Å². The lowest BCUT2D eigenvalue weighted by Gasteiger charge is -2.48. The highest BCUT2D eigenvalue weighted by atomic mass is 16.7. The maximum absolute atomic E-state index is 10.9. The van der Waals surface area contributed by atoms with Crippen molar-refractivity contribution in [2.45, 2.75) is 123 Å². The molecule has 19 atom stereocenters. The zero-order valence-electron chi connectivity index (χ0n) is 23.5. The smallest absolute Gasteiger partial charge is 0.187 e. The topological polar surface area (TPSA) is 321 Å². The van der Waals surface area contributed by atoms with Gasteiger partial charge in [-0.25, -0.2) is 0 Å². The molecule has 3 heterocycles. The third kappa shape index (κ3) is 6.96. The summed E-state index contributed by atoms with van der Waals surface area (Å²) < 4.78 is 27.4. The Bertz CT molecular complexity index is 958. The van der Waals surface area contributed by atoms with Crippen LogP contribution in [0.2, 0.25) is 0 Å².